The van der Waals surface area contributed by atoms with E-state index in [1.807, 2.05) is 0 Å². The van der Waals surface area contributed by atoms with E-state index < -0.39 is 8.32 Å². The van der Waals surface area contributed by atoms with Crippen LogP contribution in [0.3, 0.4) is 0 Å². The number of benzene rings is 1. The van der Waals surface area contributed by atoms with Crippen LogP contribution in [0.2, 0.25) is 19.6 Å². The molecule has 0 aromatic heterocycles. The average molecular weight is 324 g/mol. The molecule has 0 unspecified atom stereocenters. The second-order valence-electron chi connectivity index (χ2n) is 6.85. The van der Waals surface area contributed by atoms with E-state index in [1.54, 1.807) is 0 Å². The SMILES string of the molecule is CC=C1C(C2=CC(OCO[Si](C)(C)C)=CC2)=Cc2ccccc21. The Kier molecular flexibility index (Phi) is 4.42. The van der Waals surface area contributed by atoms with Crippen LogP contribution in [0.1, 0.15) is 24.5 Å². The lowest BCUT2D eigenvalue weighted by Crippen LogP contribution is -2.26. The van der Waals surface area contributed by atoms with E-state index in [0.717, 1.165) is 12.2 Å². The summed E-state index contributed by atoms with van der Waals surface area (Å²) in [5.74, 6) is 0.922. The first-order chi connectivity index (χ1) is 11.0. The lowest BCUT2D eigenvalue weighted by atomic mass is 9.97. The lowest BCUT2D eigenvalue weighted by molar-refractivity contribution is 0.0619. The molecule has 1 aromatic rings. The Bertz CT molecular complexity index is 730. The summed E-state index contributed by atoms with van der Waals surface area (Å²) in [5.41, 5.74) is 6.57. The number of hydrogen-bond acceptors (Lipinski definition) is 2. The maximum atomic E-state index is 5.77. The molecule has 0 bridgehead atoms. The normalized spacial score (nSPS) is 18.6. The van der Waals surface area contributed by atoms with Crippen LogP contribution < -0.4 is 0 Å². The van der Waals surface area contributed by atoms with Gasteiger partial charge in [0.2, 0.25) is 0 Å². The largest absolute Gasteiger partial charge is 0.469 e. The number of rotatable bonds is 5. The maximum absolute atomic E-state index is 5.77. The summed E-state index contributed by atoms with van der Waals surface area (Å²) in [6.07, 6.45) is 9.69. The Morgan fingerprint density at radius 1 is 1.13 bits per heavy atom. The molecule has 0 amide bonds. The second-order valence-corrected chi connectivity index (χ2v) is 11.4. The summed E-state index contributed by atoms with van der Waals surface area (Å²) in [6, 6.07) is 8.56. The van der Waals surface area contributed by atoms with E-state index in [9.17, 15) is 0 Å². The van der Waals surface area contributed by atoms with Crippen molar-refractivity contribution >= 4 is 20.0 Å². The second kappa shape index (κ2) is 6.34. The van der Waals surface area contributed by atoms with Crippen LogP contribution in [0.25, 0.3) is 11.6 Å². The maximum Gasteiger partial charge on any atom is 0.188 e. The van der Waals surface area contributed by atoms with Gasteiger partial charge in [0.25, 0.3) is 0 Å². The summed E-state index contributed by atoms with van der Waals surface area (Å²) < 4.78 is 11.5. The van der Waals surface area contributed by atoms with Crippen molar-refractivity contribution in [2.45, 2.75) is 33.0 Å². The Hall–Kier alpha value is -1.84. The molecule has 3 rings (SSSR count). The molecule has 3 heteroatoms. The van der Waals surface area contributed by atoms with Crippen LogP contribution in [0.4, 0.5) is 0 Å². The van der Waals surface area contributed by atoms with Gasteiger partial charge in [-0.1, -0.05) is 30.3 Å². The van der Waals surface area contributed by atoms with Gasteiger partial charge in [0.1, 0.15) is 5.76 Å². The smallest absolute Gasteiger partial charge is 0.188 e. The third-order valence-electron chi connectivity index (χ3n) is 4.03. The Balaban J connectivity index is 1.71. The van der Waals surface area contributed by atoms with Crippen LogP contribution in [0.15, 0.2) is 59.4 Å². The minimum Gasteiger partial charge on any atom is -0.469 e. The summed E-state index contributed by atoms with van der Waals surface area (Å²) in [6.45, 7) is 8.95. The highest BCUT2D eigenvalue weighted by atomic mass is 28.4. The van der Waals surface area contributed by atoms with Gasteiger partial charge in [0.05, 0.1) is 0 Å². The first-order valence-electron chi connectivity index (χ1n) is 8.13. The molecule has 0 heterocycles. The molecule has 23 heavy (non-hydrogen) atoms. The van der Waals surface area contributed by atoms with Crippen molar-refractivity contribution in [1.29, 1.82) is 0 Å². The van der Waals surface area contributed by atoms with Gasteiger partial charge in [-0.3, -0.25) is 0 Å². The molecule has 0 fully saturated rings. The summed E-state index contributed by atoms with van der Waals surface area (Å²) in [7, 11) is -1.52. The molecule has 0 saturated heterocycles. The van der Waals surface area contributed by atoms with E-state index >= 15 is 0 Å². The molecule has 2 nitrogen and oxygen atoms in total. The van der Waals surface area contributed by atoms with Crippen molar-refractivity contribution < 1.29 is 9.16 Å². The highest BCUT2D eigenvalue weighted by Gasteiger charge is 2.22. The molecule has 1 aromatic carbocycles. The van der Waals surface area contributed by atoms with E-state index in [1.165, 1.54) is 27.8 Å². The minimum absolute atomic E-state index is 0.348. The highest BCUT2D eigenvalue weighted by molar-refractivity contribution is 6.69. The van der Waals surface area contributed by atoms with Gasteiger partial charge in [0.15, 0.2) is 15.1 Å². The predicted molar refractivity (Wildman–Crippen MR) is 99.2 cm³/mol. The molecule has 120 valence electrons. The Morgan fingerprint density at radius 3 is 2.65 bits per heavy atom. The molecule has 0 saturated carbocycles. The Morgan fingerprint density at radius 2 is 1.91 bits per heavy atom. The van der Waals surface area contributed by atoms with Gasteiger partial charge in [-0.2, -0.15) is 0 Å². The van der Waals surface area contributed by atoms with Gasteiger partial charge in [-0.05, 0) is 79.1 Å². The fraction of sp³-hybridized carbons (Fsp3) is 0.300. The zero-order valence-corrected chi connectivity index (χ0v) is 15.3. The molecule has 0 aliphatic heterocycles. The highest BCUT2D eigenvalue weighted by Crippen LogP contribution is 2.41. The first-order valence-corrected chi connectivity index (χ1v) is 11.5. The standard InChI is InChI=1S/C20H24O2Si/c1-5-18-19-9-7-6-8-15(19)13-20(18)16-10-11-17(12-16)21-14-22-23(2,3)4/h5-9,11-13H,10,14H2,1-4H3. The topological polar surface area (TPSA) is 18.5 Å². The van der Waals surface area contributed by atoms with E-state index in [0.29, 0.717) is 6.79 Å². The quantitative estimate of drug-likeness (QED) is 0.524. The molecule has 0 atom stereocenters. The minimum atomic E-state index is -1.52. The summed E-state index contributed by atoms with van der Waals surface area (Å²) >= 11 is 0. The average Bonchev–Trinajstić information content (AvgIpc) is 3.09. The molecular weight excluding hydrogens is 300 g/mol. The van der Waals surface area contributed by atoms with Gasteiger partial charge < -0.3 is 9.16 Å². The monoisotopic (exact) mass is 324 g/mol. The number of allylic oxidation sites excluding steroid dienone is 6. The third-order valence-corrected chi connectivity index (χ3v) is 5.02. The zero-order valence-electron chi connectivity index (χ0n) is 14.3. The van der Waals surface area contributed by atoms with Crippen molar-refractivity contribution in [3.63, 3.8) is 0 Å². The summed E-state index contributed by atoms with van der Waals surface area (Å²) in [4.78, 5) is 0. The van der Waals surface area contributed by atoms with E-state index in [4.69, 9.17) is 9.16 Å². The third kappa shape index (κ3) is 3.57. The van der Waals surface area contributed by atoms with E-state index in [-0.39, 0.29) is 0 Å². The fourth-order valence-corrected chi connectivity index (χ4v) is 3.30. The fourth-order valence-electron chi connectivity index (χ4n) is 2.89. The van der Waals surface area contributed by atoms with Gasteiger partial charge in [0, 0.05) is 0 Å². The molecule has 0 spiro atoms. The van der Waals surface area contributed by atoms with Crippen LogP contribution in [-0.4, -0.2) is 15.1 Å². The number of fused-ring (bicyclic) bond motifs is 1. The molecule has 0 radical (unpaired) electrons. The van der Waals surface area contributed by atoms with E-state index in [2.05, 4.69) is 75.1 Å². The number of ether oxygens (including phenoxy) is 1. The molecular formula is C20H24O2Si. The van der Waals surface area contributed by atoms with Crippen molar-refractivity contribution in [2.24, 2.45) is 0 Å². The van der Waals surface area contributed by atoms with Crippen molar-refractivity contribution in [2.75, 3.05) is 6.79 Å². The van der Waals surface area contributed by atoms with Crippen LogP contribution in [-0.2, 0) is 9.16 Å². The van der Waals surface area contributed by atoms with Crippen molar-refractivity contribution in [3.8, 4) is 0 Å². The van der Waals surface area contributed by atoms with Crippen LogP contribution >= 0.6 is 0 Å². The predicted octanol–water partition coefficient (Wildman–Crippen LogP) is 5.53. The Labute approximate surface area is 140 Å². The van der Waals surface area contributed by atoms with Gasteiger partial charge in [-0.25, -0.2) is 0 Å². The molecule has 2 aliphatic carbocycles. The number of hydrogen-bond donors (Lipinski definition) is 0. The van der Waals surface area contributed by atoms with Crippen molar-refractivity contribution in [1.82, 2.24) is 0 Å². The summed E-state index contributed by atoms with van der Waals surface area (Å²) in [5, 5.41) is 0. The zero-order chi connectivity index (χ0) is 16.4. The first kappa shape index (κ1) is 16.0. The van der Waals surface area contributed by atoms with Gasteiger partial charge >= 0.3 is 0 Å². The van der Waals surface area contributed by atoms with Crippen LogP contribution in [0, 0.1) is 0 Å². The molecule has 2 aliphatic rings. The van der Waals surface area contributed by atoms with Gasteiger partial charge in [-0.15, -0.1) is 0 Å². The van der Waals surface area contributed by atoms with Crippen LogP contribution in [0.5, 0.6) is 0 Å². The van der Waals surface area contributed by atoms with Crippen molar-refractivity contribution in [3.05, 3.63) is 70.5 Å². The molecule has 0 N–H and O–H groups in total. The lowest BCUT2D eigenvalue weighted by Gasteiger charge is -2.17.